The number of ether oxygens (including phenoxy) is 1. The molecular formula is C27H36FN3O4S. The summed E-state index contributed by atoms with van der Waals surface area (Å²) in [5, 5.41) is 1.99. The highest BCUT2D eigenvalue weighted by Gasteiger charge is 2.24. The van der Waals surface area contributed by atoms with E-state index < -0.39 is 5.97 Å². The minimum absolute atomic E-state index is 0.00520. The lowest BCUT2D eigenvalue weighted by atomic mass is 10.2. The van der Waals surface area contributed by atoms with Crippen LogP contribution in [0.25, 0.3) is 0 Å². The number of likely N-dealkylation sites (tertiary alicyclic amines) is 1. The van der Waals surface area contributed by atoms with E-state index in [0.29, 0.717) is 26.2 Å². The maximum atomic E-state index is 13.6. The number of carbonyl (C=O) groups excluding carboxylic acids is 3. The number of hydrogen-bond acceptors (Lipinski definition) is 6. The second-order valence-corrected chi connectivity index (χ2v) is 10.1. The monoisotopic (exact) mass is 517 g/mol. The van der Waals surface area contributed by atoms with Crippen LogP contribution < -0.4 is 0 Å². The first-order chi connectivity index (χ1) is 17.4. The third-order valence-electron chi connectivity index (χ3n) is 6.35. The van der Waals surface area contributed by atoms with E-state index in [1.807, 2.05) is 18.4 Å². The van der Waals surface area contributed by atoms with Crippen molar-refractivity contribution in [1.82, 2.24) is 14.7 Å². The molecule has 36 heavy (non-hydrogen) atoms. The van der Waals surface area contributed by atoms with Gasteiger partial charge in [-0.2, -0.15) is 0 Å². The summed E-state index contributed by atoms with van der Waals surface area (Å²) in [6.45, 7) is 7.77. The van der Waals surface area contributed by atoms with Crippen LogP contribution in [-0.4, -0.2) is 71.8 Å². The molecule has 0 bridgehead atoms. The molecule has 7 nitrogen and oxygen atoms in total. The minimum atomic E-state index is -0.414. The maximum absolute atomic E-state index is 13.6. The normalized spacial score (nSPS) is 13.5. The number of aryl methyl sites for hydroxylation is 1. The molecule has 3 rings (SSSR count). The molecule has 2 aromatic rings. The molecule has 1 aliphatic heterocycles. The van der Waals surface area contributed by atoms with Crippen LogP contribution in [0.4, 0.5) is 4.39 Å². The number of nitrogens with zero attached hydrogens (tertiary/aromatic N) is 3. The molecule has 0 unspecified atom stereocenters. The van der Waals surface area contributed by atoms with E-state index in [1.165, 1.54) is 12.1 Å². The number of rotatable bonds is 13. The van der Waals surface area contributed by atoms with Crippen LogP contribution in [0.2, 0.25) is 0 Å². The van der Waals surface area contributed by atoms with Crippen molar-refractivity contribution in [2.45, 2.75) is 52.6 Å². The molecule has 2 heterocycles. The molecule has 0 radical (unpaired) electrons. The number of benzene rings is 1. The topological polar surface area (TPSA) is 70.2 Å². The maximum Gasteiger partial charge on any atom is 0.306 e. The van der Waals surface area contributed by atoms with Gasteiger partial charge in [-0.05, 0) is 74.5 Å². The Morgan fingerprint density at radius 1 is 1.00 bits per heavy atom. The summed E-state index contributed by atoms with van der Waals surface area (Å²) < 4.78 is 18.4. The Hall–Kier alpha value is -2.78. The summed E-state index contributed by atoms with van der Waals surface area (Å²) in [5.74, 6) is -1.16. The van der Waals surface area contributed by atoms with Crippen LogP contribution in [0.5, 0.6) is 0 Å². The van der Waals surface area contributed by atoms with Gasteiger partial charge in [-0.3, -0.25) is 14.4 Å². The lowest BCUT2D eigenvalue weighted by Gasteiger charge is -2.29. The van der Waals surface area contributed by atoms with Gasteiger partial charge in [0.1, 0.15) is 5.82 Å². The van der Waals surface area contributed by atoms with Gasteiger partial charge in [-0.25, -0.2) is 4.39 Å². The van der Waals surface area contributed by atoms with Crippen LogP contribution >= 0.6 is 11.3 Å². The second kappa shape index (κ2) is 14.1. The van der Waals surface area contributed by atoms with E-state index in [0.717, 1.165) is 41.9 Å². The van der Waals surface area contributed by atoms with E-state index in [-0.39, 0.29) is 43.6 Å². The standard InChI is InChI=1S/C27H36FN3O4S/c1-3-35-27(34)11-10-25(32)30(16-15-29-13-4-5-14-29)20-26(33)31(19-24-21(2)12-17-36-24)18-22-6-8-23(28)9-7-22/h6-9,12,17H,3-5,10-11,13-16,18-20H2,1-2H3. The Bertz CT molecular complexity index is 1000. The smallest absolute Gasteiger partial charge is 0.306 e. The predicted molar refractivity (Wildman–Crippen MR) is 138 cm³/mol. The molecular weight excluding hydrogens is 481 g/mol. The van der Waals surface area contributed by atoms with Crippen LogP contribution in [-0.2, 0) is 32.2 Å². The highest BCUT2D eigenvalue weighted by Crippen LogP contribution is 2.20. The van der Waals surface area contributed by atoms with Gasteiger partial charge in [-0.1, -0.05) is 12.1 Å². The Kier molecular flexibility index (Phi) is 10.9. The van der Waals surface area contributed by atoms with Crippen LogP contribution in [0, 0.1) is 12.7 Å². The van der Waals surface area contributed by atoms with E-state index >= 15 is 0 Å². The molecule has 0 aliphatic carbocycles. The number of hydrogen-bond donors (Lipinski definition) is 0. The number of thiophene rings is 1. The number of amides is 2. The fourth-order valence-electron chi connectivity index (χ4n) is 4.21. The van der Waals surface area contributed by atoms with Gasteiger partial charge in [0, 0.05) is 30.9 Å². The Morgan fingerprint density at radius 3 is 2.36 bits per heavy atom. The summed E-state index contributed by atoms with van der Waals surface area (Å²) in [6, 6.07) is 8.13. The quantitative estimate of drug-likeness (QED) is 0.376. The highest BCUT2D eigenvalue weighted by atomic mass is 32.1. The number of esters is 1. The molecule has 1 saturated heterocycles. The zero-order chi connectivity index (χ0) is 25.9. The fourth-order valence-corrected chi connectivity index (χ4v) is 5.13. The molecule has 1 aromatic carbocycles. The second-order valence-electron chi connectivity index (χ2n) is 9.07. The van der Waals surface area contributed by atoms with Crippen molar-refractivity contribution in [2.75, 3.05) is 39.3 Å². The molecule has 1 aromatic heterocycles. The molecule has 2 amide bonds. The third-order valence-corrected chi connectivity index (χ3v) is 7.36. The van der Waals surface area contributed by atoms with Gasteiger partial charge in [0.2, 0.25) is 11.8 Å². The molecule has 1 aliphatic rings. The van der Waals surface area contributed by atoms with Crippen molar-refractivity contribution >= 4 is 29.1 Å². The average Bonchev–Trinajstić information content (AvgIpc) is 3.53. The van der Waals surface area contributed by atoms with Crippen molar-refractivity contribution < 1.29 is 23.5 Å². The highest BCUT2D eigenvalue weighted by molar-refractivity contribution is 7.10. The summed E-state index contributed by atoms with van der Waals surface area (Å²) in [7, 11) is 0. The Morgan fingerprint density at radius 2 is 1.72 bits per heavy atom. The first-order valence-corrected chi connectivity index (χ1v) is 13.4. The van der Waals surface area contributed by atoms with Crippen molar-refractivity contribution in [1.29, 1.82) is 0 Å². The Balaban J connectivity index is 1.72. The molecule has 1 fully saturated rings. The number of carbonyl (C=O) groups is 3. The van der Waals surface area contributed by atoms with Gasteiger partial charge in [-0.15, -0.1) is 11.3 Å². The first-order valence-electron chi connectivity index (χ1n) is 12.6. The minimum Gasteiger partial charge on any atom is -0.466 e. The largest absolute Gasteiger partial charge is 0.466 e. The molecule has 9 heteroatoms. The molecule has 0 atom stereocenters. The summed E-state index contributed by atoms with van der Waals surface area (Å²) in [4.78, 5) is 45.1. The van der Waals surface area contributed by atoms with Crippen molar-refractivity contribution in [2.24, 2.45) is 0 Å². The molecule has 196 valence electrons. The Labute approximate surface area is 216 Å². The van der Waals surface area contributed by atoms with Crippen molar-refractivity contribution in [3.05, 3.63) is 57.5 Å². The predicted octanol–water partition coefficient (Wildman–Crippen LogP) is 3.99. The van der Waals surface area contributed by atoms with Gasteiger partial charge in [0.15, 0.2) is 0 Å². The SMILES string of the molecule is CCOC(=O)CCC(=O)N(CCN1CCCC1)CC(=O)N(Cc1ccc(F)cc1)Cc1sccc1C. The van der Waals surface area contributed by atoms with E-state index in [9.17, 15) is 18.8 Å². The van der Waals surface area contributed by atoms with E-state index in [2.05, 4.69) is 4.90 Å². The molecule has 0 spiro atoms. The lowest BCUT2D eigenvalue weighted by Crippen LogP contribution is -2.45. The zero-order valence-corrected chi connectivity index (χ0v) is 22.0. The first kappa shape index (κ1) is 27.8. The zero-order valence-electron chi connectivity index (χ0n) is 21.2. The summed E-state index contributed by atoms with van der Waals surface area (Å²) >= 11 is 1.58. The van der Waals surface area contributed by atoms with Crippen molar-refractivity contribution in [3.8, 4) is 0 Å². The van der Waals surface area contributed by atoms with Gasteiger partial charge >= 0.3 is 5.97 Å². The third kappa shape index (κ3) is 8.71. The van der Waals surface area contributed by atoms with E-state index in [4.69, 9.17) is 4.74 Å². The van der Waals surface area contributed by atoms with Crippen molar-refractivity contribution in [3.63, 3.8) is 0 Å². The van der Waals surface area contributed by atoms with Gasteiger partial charge < -0.3 is 19.4 Å². The molecule has 0 saturated carbocycles. The van der Waals surface area contributed by atoms with Crippen LogP contribution in [0.1, 0.15) is 48.6 Å². The summed E-state index contributed by atoms with van der Waals surface area (Å²) in [5.41, 5.74) is 1.92. The van der Waals surface area contributed by atoms with E-state index in [1.54, 1.807) is 40.2 Å². The number of halogens is 1. The van der Waals surface area contributed by atoms with Crippen LogP contribution in [0.3, 0.4) is 0 Å². The van der Waals surface area contributed by atoms with Gasteiger partial charge in [0.05, 0.1) is 26.1 Å². The fraction of sp³-hybridized carbons (Fsp3) is 0.519. The van der Waals surface area contributed by atoms with Gasteiger partial charge in [0.25, 0.3) is 0 Å². The summed E-state index contributed by atoms with van der Waals surface area (Å²) in [6.07, 6.45) is 2.28. The lowest BCUT2D eigenvalue weighted by molar-refractivity contribution is -0.146. The molecule has 0 N–H and O–H groups in total. The average molecular weight is 518 g/mol. The van der Waals surface area contributed by atoms with Crippen LogP contribution in [0.15, 0.2) is 35.7 Å².